The van der Waals surface area contributed by atoms with Crippen LogP contribution in [-0.2, 0) is 20.4 Å². The maximum atomic E-state index is 12.0. The van der Waals surface area contributed by atoms with Crippen molar-refractivity contribution in [3.05, 3.63) is 47.9 Å². The number of carbonyl (C=O) groups excluding carboxylic acids is 1. The van der Waals surface area contributed by atoms with Gasteiger partial charge in [0, 0.05) is 0 Å². The van der Waals surface area contributed by atoms with Gasteiger partial charge < -0.3 is 19.6 Å². The summed E-state index contributed by atoms with van der Waals surface area (Å²) in [4.78, 5) is 22.6. The fourth-order valence-electron chi connectivity index (χ4n) is 1.97. The molecule has 0 atom stereocenters. The first-order chi connectivity index (χ1) is 11.3. The SMILES string of the molecule is COc1ccccc1NC(=O)CS(=O)(=O)Cc1ccc(C(=O)O)o1. The molecule has 0 aliphatic heterocycles. The highest BCUT2D eigenvalue weighted by atomic mass is 32.2. The summed E-state index contributed by atoms with van der Waals surface area (Å²) in [7, 11) is -2.40. The second kappa shape index (κ2) is 7.18. The molecular weight excluding hydrogens is 338 g/mol. The number of benzene rings is 1. The molecule has 0 aliphatic rings. The quantitative estimate of drug-likeness (QED) is 0.774. The van der Waals surface area contributed by atoms with Crippen molar-refractivity contribution in [3.8, 4) is 5.75 Å². The molecule has 128 valence electrons. The third-order valence-electron chi connectivity index (χ3n) is 2.97. The van der Waals surface area contributed by atoms with Gasteiger partial charge in [0.25, 0.3) is 0 Å². The van der Waals surface area contributed by atoms with Crippen molar-refractivity contribution in [1.82, 2.24) is 0 Å². The monoisotopic (exact) mass is 353 g/mol. The van der Waals surface area contributed by atoms with Gasteiger partial charge in [-0.15, -0.1) is 0 Å². The molecule has 0 aliphatic carbocycles. The number of rotatable bonds is 7. The van der Waals surface area contributed by atoms with Crippen molar-refractivity contribution >= 4 is 27.4 Å². The summed E-state index contributed by atoms with van der Waals surface area (Å²) >= 11 is 0. The lowest BCUT2D eigenvalue weighted by atomic mass is 10.3. The normalized spacial score (nSPS) is 11.0. The first kappa shape index (κ1) is 17.5. The minimum Gasteiger partial charge on any atom is -0.495 e. The maximum absolute atomic E-state index is 12.0. The molecule has 0 saturated carbocycles. The van der Waals surface area contributed by atoms with Crippen LogP contribution >= 0.6 is 0 Å². The van der Waals surface area contributed by atoms with E-state index in [1.165, 1.54) is 13.2 Å². The molecule has 1 amide bonds. The summed E-state index contributed by atoms with van der Waals surface area (Å²) in [6.07, 6.45) is 0. The van der Waals surface area contributed by atoms with Crippen LogP contribution in [0.1, 0.15) is 16.3 Å². The molecule has 0 bridgehead atoms. The lowest BCUT2D eigenvalue weighted by Gasteiger charge is -2.09. The molecule has 8 nitrogen and oxygen atoms in total. The Morgan fingerprint density at radius 2 is 1.92 bits per heavy atom. The number of furan rings is 1. The molecule has 1 aromatic carbocycles. The van der Waals surface area contributed by atoms with E-state index >= 15 is 0 Å². The smallest absolute Gasteiger partial charge is 0.371 e. The number of hydrogen-bond acceptors (Lipinski definition) is 6. The van der Waals surface area contributed by atoms with Gasteiger partial charge in [-0.05, 0) is 24.3 Å². The molecule has 9 heteroatoms. The molecule has 0 saturated heterocycles. The van der Waals surface area contributed by atoms with Crippen molar-refractivity contribution in [1.29, 1.82) is 0 Å². The third-order valence-corrected chi connectivity index (χ3v) is 4.39. The van der Waals surface area contributed by atoms with E-state index in [0.717, 1.165) is 6.07 Å². The standard InChI is InChI=1S/C15H15NO7S/c1-22-12-5-3-2-4-11(12)16-14(17)9-24(20,21)8-10-6-7-13(23-10)15(18)19/h2-7H,8-9H2,1H3,(H,16,17)(H,18,19). The van der Waals surface area contributed by atoms with E-state index in [-0.39, 0.29) is 11.5 Å². The van der Waals surface area contributed by atoms with Gasteiger partial charge in [0.15, 0.2) is 9.84 Å². The van der Waals surface area contributed by atoms with E-state index in [1.54, 1.807) is 24.3 Å². The Morgan fingerprint density at radius 1 is 1.21 bits per heavy atom. The number of sulfone groups is 1. The van der Waals surface area contributed by atoms with Crippen molar-refractivity contribution in [2.24, 2.45) is 0 Å². The van der Waals surface area contributed by atoms with Crippen LogP contribution in [0.15, 0.2) is 40.8 Å². The van der Waals surface area contributed by atoms with Crippen LogP contribution in [0.3, 0.4) is 0 Å². The summed E-state index contributed by atoms with van der Waals surface area (Å²) in [6, 6.07) is 8.99. The Hall–Kier alpha value is -2.81. The average Bonchev–Trinajstić information content (AvgIpc) is 2.95. The van der Waals surface area contributed by atoms with Crippen LogP contribution in [0.5, 0.6) is 5.75 Å². The maximum Gasteiger partial charge on any atom is 0.371 e. The summed E-state index contributed by atoms with van der Waals surface area (Å²) in [5.74, 6) is -3.37. The highest BCUT2D eigenvalue weighted by Crippen LogP contribution is 2.23. The van der Waals surface area contributed by atoms with Crippen LogP contribution < -0.4 is 10.1 Å². The predicted molar refractivity (Wildman–Crippen MR) is 84.8 cm³/mol. The van der Waals surface area contributed by atoms with E-state index in [1.807, 2.05) is 0 Å². The van der Waals surface area contributed by atoms with Crippen molar-refractivity contribution < 1.29 is 32.3 Å². The Kier molecular flexibility index (Phi) is 5.24. The van der Waals surface area contributed by atoms with Gasteiger partial charge in [0.1, 0.15) is 23.0 Å². The Morgan fingerprint density at radius 3 is 2.54 bits per heavy atom. The lowest BCUT2D eigenvalue weighted by Crippen LogP contribution is -2.24. The fraction of sp³-hybridized carbons (Fsp3) is 0.200. The summed E-state index contributed by atoms with van der Waals surface area (Å²) in [6.45, 7) is 0. The van der Waals surface area contributed by atoms with E-state index in [2.05, 4.69) is 5.32 Å². The predicted octanol–water partition coefficient (Wildman–Crippen LogP) is 1.54. The summed E-state index contributed by atoms with van der Waals surface area (Å²) in [5.41, 5.74) is 0.353. The highest BCUT2D eigenvalue weighted by molar-refractivity contribution is 7.91. The van der Waals surface area contributed by atoms with Gasteiger partial charge in [0.05, 0.1) is 12.8 Å². The zero-order valence-electron chi connectivity index (χ0n) is 12.7. The number of carboxylic acids is 1. The van der Waals surface area contributed by atoms with Gasteiger partial charge in [0.2, 0.25) is 11.7 Å². The minimum atomic E-state index is -3.83. The van der Waals surface area contributed by atoms with E-state index in [9.17, 15) is 18.0 Å². The molecule has 1 aromatic heterocycles. The van der Waals surface area contributed by atoms with Gasteiger partial charge in [-0.1, -0.05) is 12.1 Å². The van der Waals surface area contributed by atoms with Crippen LogP contribution in [0.4, 0.5) is 5.69 Å². The number of amides is 1. The number of nitrogens with one attached hydrogen (secondary N) is 1. The number of methoxy groups -OCH3 is 1. The fourth-order valence-corrected chi connectivity index (χ4v) is 3.13. The Balaban J connectivity index is 2.02. The number of aromatic carboxylic acids is 1. The van der Waals surface area contributed by atoms with Crippen LogP contribution in [0.25, 0.3) is 0 Å². The zero-order valence-corrected chi connectivity index (χ0v) is 13.5. The van der Waals surface area contributed by atoms with Crippen molar-refractivity contribution in [3.63, 3.8) is 0 Å². The number of para-hydroxylation sites is 2. The molecule has 0 unspecified atom stereocenters. The van der Waals surface area contributed by atoms with E-state index in [0.29, 0.717) is 11.4 Å². The molecule has 0 fully saturated rings. The Labute approximate surface area is 138 Å². The number of hydrogen-bond donors (Lipinski definition) is 2. The van der Waals surface area contributed by atoms with E-state index < -0.39 is 33.2 Å². The van der Waals surface area contributed by atoms with Gasteiger partial charge in [-0.2, -0.15) is 0 Å². The van der Waals surface area contributed by atoms with Crippen LogP contribution in [0.2, 0.25) is 0 Å². The molecule has 24 heavy (non-hydrogen) atoms. The molecule has 2 N–H and O–H groups in total. The summed E-state index contributed by atoms with van der Waals surface area (Å²) < 4.78 is 34.0. The lowest BCUT2D eigenvalue weighted by molar-refractivity contribution is -0.113. The second-order valence-electron chi connectivity index (χ2n) is 4.85. The molecule has 1 heterocycles. The third kappa shape index (κ3) is 4.59. The summed E-state index contributed by atoms with van der Waals surface area (Å²) in [5, 5.41) is 11.2. The largest absolute Gasteiger partial charge is 0.495 e. The van der Waals surface area contributed by atoms with Crippen molar-refractivity contribution in [2.45, 2.75) is 5.75 Å². The highest BCUT2D eigenvalue weighted by Gasteiger charge is 2.21. The number of anilines is 1. The topological polar surface area (TPSA) is 123 Å². The van der Waals surface area contributed by atoms with E-state index in [4.69, 9.17) is 14.3 Å². The molecular formula is C15H15NO7S. The molecule has 0 radical (unpaired) electrons. The van der Waals surface area contributed by atoms with Crippen LogP contribution in [-0.4, -0.2) is 38.3 Å². The number of ether oxygens (including phenoxy) is 1. The van der Waals surface area contributed by atoms with Crippen LogP contribution in [0, 0.1) is 0 Å². The minimum absolute atomic E-state index is 0.0440. The first-order valence-corrected chi connectivity index (χ1v) is 8.58. The van der Waals surface area contributed by atoms with Crippen molar-refractivity contribution in [2.75, 3.05) is 18.2 Å². The van der Waals surface area contributed by atoms with Gasteiger partial charge in [-0.3, -0.25) is 4.79 Å². The molecule has 2 rings (SSSR count). The average molecular weight is 353 g/mol. The van der Waals surface area contributed by atoms with Gasteiger partial charge in [-0.25, -0.2) is 13.2 Å². The number of carbonyl (C=O) groups is 2. The first-order valence-electron chi connectivity index (χ1n) is 6.76. The molecule has 0 spiro atoms. The zero-order chi connectivity index (χ0) is 17.7. The Bertz CT molecular complexity index is 854. The second-order valence-corrected chi connectivity index (χ2v) is 6.92. The molecule has 2 aromatic rings. The number of carboxylic acid groups (broad SMARTS) is 1. The van der Waals surface area contributed by atoms with Gasteiger partial charge >= 0.3 is 5.97 Å².